The largest absolute Gasteiger partial charge is 0.351 e. The maximum absolute atomic E-state index is 12.9. The molecule has 0 atom stereocenters. The Morgan fingerprint density at radius 1 is 1.11 bits per heavy atom. The van der Waals surface area contributed by atoms with Gasteiger partial charge >= 0.3 is 0 Å². The molecule has 1 heterocycles. The number of benzene rings is 2. The molecule has 3 aromatic rings. The molecule has 0 saturated carbocycles. The van der Waals surface area contributed by atoms with Gasteiger partial charge in [-0.05, 0) is 45.8 Å². The lowest BCUT2D eigenvalue weighted by Crippen LogP contribution is -2.24. The van der Waals surface area contributed by atoms with E-state index >= 15 is 0 Å². The molecule has 1 aromatic heterocycles. The minimum Gasteiger partial charge on any atom is -0.351 e. The Labute approximate surface area is 177 Å². The fraction of sp³-hybridized carbons (Fsp3) is 0.111. The molecule has 2 amide bonds. The van der Waals surface area contributed by atoms with Crippen LogP contribution in [0.3, 0.4) is 0 Å². The van der Waals surface area contributed by atoms with E-state index in [4.69, 9.17) is 0 Å². The van der Waals surface area contributed by atoms with Crippen LogP contribution in [0.25, 0.3) is 0 Å². The Balaban J connectivity index is 1.46. The Morgan fingerprint density at radius 2 is 1.86 bits per heavy atom. The number of nitrogens with one attached hydrogen (secondary N) is 2. The second-order valence-electron chi connectivity index (χ2n) is 5.50. The van der Waals surface area contributed by atoms with Crippen LogP contribution in [0.2, 0.25) is 0 Å². The first kappa shape index (κ1) is 20.4. The van der Waals surface area contributed by atoms with Crippen LogP contribution in [-0.4, -0.2) is 27.8 Å². The first-order chi connectivity index (χ1) is 13.5. The lowest BCUT2D eigenvalue weighted by molar-refractivity contribution is -0.118. The van der Waals surface area contributed by atoms with Gasteiger partial charge < -0.3 is 5.32 Å². The summed E-state index contributed by atoms with van der Waals surface area (Å²) in [6.45, 7) is 0.322. The van der Waals surface area contributed by atoms with Crippen molar-refractivity contribution in [3.63, 3.8) is 0 Å². The summed E-state index contributed by atoms with van der Waals surface area (Å²) in [4.78, 5) is 24.2. The molecule has 6 nitrogen and oxygen atoms in total. The summed E-state index contributed by atoms with van der Waals surface area (Å²) in [5.41, 5.74) is 1.31. The second kappa shape index (κ2) is 9.76. The van der Waals surface area contributed by atoms with Gasteiger partial charge in [-0.3, -0.25) is 14.9 Å². The minimum atomic E-state index is -0.315. The Hall–Kier alpha value is -2.30. The monoisotopic (exact) mass is 480 g/mol. The van der Waals surface area contributed by atoms with Crippen LogP contribution in [0.5, 0.6) is 0 Å². The van der Waals surface area contributed by atoms with E-state index < -0.39 is 0 Å². The number of amides is 2. The Kier molecular flexibility index (Phi) is 7.12. The lowest BCUT2D eigenvalue weighted by atomic mass is 10.2. The van der Waals surface area contributed by atoms with Gasteiger partial charge in [0, 0.05) is 11.0 Å². The van der Waals surface area contributed by atoms with E-state index in [9.17, 15) is 14.0 Å². The van der Waals surface area contributed by atoms with E-state index in [1.165, 1.54) is 35.2 Å². The molecule has 0 aliphatic heterocycles. The highest BCUT2D eigenvalue weighted by Gasteiger charge is 2.13. The zero-order valence-corrected chi connectivity index (χ0v) is 17.5. The summed E-state index contributed by atoms with van der Waals surface area (Å²) in [5.74, 6) is -0.626. The van der Waals surface area contributed by atoms with Gasteiger partial charge in [0.25, 0.3) is 5.91 Å². The summed E-state index contributed by atoms with van der Waals surface area (Å²) in [7, 11) is 0. The molecule has 0 bridgehead atoms. The first-order valence-corrected chi connectivity index (χ1v) is 10.6. The van der Waals surface area contributed by atoms with Crippen molar-refractivity contribution in [1.82, 2.24) is 15.5 Å². The first-order valence-electron chi connectivity index (χ1n) is 8.04. The van der Waals surface area contributed by atoms with Crippen LogP contribution < -0.4 is 10.6 Å². The lowest BCUT2D eigenvalue weighted by Gasteiger charge is -2.04. The number of halogens is 2. The molecule has 0 radical (unpaired) electrons. The number of rotatable bonds is 7. The molecular formula is C18H14BrFN4O2S2. The van der Waals surface area contributed by atoms with Crippen molar-refractivity contribution in [3.8, 4) is 0 Å². The van der Waals surface area contributed by atoms with Crippen molar-refractivity contribution >= 4 is 56.0 Å². The van der Waals surface area contributed by atoms with E-state index in [2.05, 4.69) is 36.8 Å². The molecule has 28 heavy (non-hydrogen) atoms. The van der Waals surface area contributed by atoms with E-state index in [-0.39, 0.29) is 23.4 Å². The van der Waals surface area contributed by atoms with Crippen LogP contribution in [0.1, 0.15) is 15.9 Å². The number of nitrogens with zero attached hydrogens (tertiary/aromatic N) is 2. The molecule has 0 aliphatic rings. The minimum absolute atomic E-state index is 0.161. The van der Waals surface area contributed by atoms with Gasteiger partial charge in [-0.15, -0.1) is 10.2 Å². The van der Waals surface area contributed by atoms with Gasteiger partial charge in [-0.25, -0.2) is 4.39 Å². The molecule has 0 spiro atoms. The smallest absolute Gasteiger partial charge is 0.258 e. The summed E-state index contributed by atoms with van der Waals surface area (Å²) >= 11 is 5.75. The molecule has 0 aliphatic carbocycles. The van der Waals surface area contributed by atoms with Crippen LogP contribution >= 0.6 is 39.0 Å². The van der Waals surface area contributed by atoms with E-state index in [0.29, 0.717) is 26.1 Å². The zero-order valence-electron chi connectivity index (χ0n) is 14.3. The number of aromatic nitrogens is 2. The SMILES string of the molecule is O=C(CSc1nnc(NC(=O)c2ccccc2Br)s1)NCc1ccc(F)cc1. The highest BCUT2D eigenvalue weighted by atomic mass is 79.9. The summed E-state index contributed by atoms with van der Waals surface area (Å²) in [6, 6.07) is 13.0. The quantitative estimate of drug-likeness (QED) is 0.392. The molecule has 0 fully saturated rings. The highest BCUT2D eigenvalue weighted by molar-refractivity contribution is 9.10. The number of thioether (sulfide) groups is 1. The molecule has 10 heteroatoms. The summed E-state index contributed by atoms with van der Waals surface area (Å²) < 4.78 is 14.1. The third-order valence-corrected chi connectivity index (χ3v) is 6.14. The van der Waals surface area contributed by atoms with Crippen molar-refractivity contribution in [2.45, 2.75) is 10.9 Å². The molecule has 2 N–H and O–H groups in total. The number of hydrogen-bond donors (Lipinski definition) is 2. The molecule has 0 unspecified atom stereocenters. The maximum Gasteiger partial charge on any atom is 0.258 e. The summed E-state index contributed by atoms with van der Waals surface area (Å²) in [6.07, 6.45) is 0. The summed E-state index contributed by atoms with van der Waals surface area (Å²) in [5, 5.41) is 13.7. The number of carbonyl (C=O) groups excluding carboxylic acids is 2. The van der Waals surface area contributed by atoms with Crippen molar-refractivity contribution in [2.24, 2.45) is 0 Å². The van der Waals surface area contributed by atoms with Gasteiger partial charge in [0.05, 0.1) is 11.3 Å². The molecular weight excluding hydrogens is 467 g/mol. The molecule has 0 saturated heterocycles. The van der Waals surface area contributed by atoms with E-state index in [0.717, 1.165) is 5.56 Å². The van der Waals surface area contributed by atoms with Crippen molar-refractivity contribution in [3.05, 3.63) is 69.9 Å². The fourth-order valence-corrected chi connectivity index (χ4v) is 4.15. The predicted octanol–water partition coefficient (Wildman–Crippen LogP) is 4.10. The fourth-order valence-electron chi connectivity index (χ4n) is 2.11. The van der Waals surface area contributed by atoms with E-state index in [1.807, 2.05) is 6.07 Å². The number of carbonyl (C=O) groups is 2. The van der Waals surface area contributed by atoms with Crippen LogP contribution in [0.4, 0.5) is 9.52 Å². The van der Waals surface area contributed by atoms with Crippen LogP contribution in [-0.2, 0) is 11.3 Å². The Morgan fingerprint density at radius 3 is 2.61 bits per heavy atom. The third-order valence-electron chi connectivity index (χ3n) is 3.48. The number of hydrogen-bond acceptors (Lipinski definition) is 6. The van der Waals surface area contributed by atoms with Gasteiger partial charge in [-0.2, -0.15) is 0 Å². The topological polar surface area (TPSA) is 84.0 Å². The van der Waals surface area contributed by atoms with Gasteiger partial charge in [0.1, 0.15) is 5.82 Å². The average Bonchev–Trinajstić information content (AvgIpc) is 3.13. The number of anilines is 1. The third kappa shape index (κ3) is 5.85. The molecule has 144 valence electrons. The van der Waals surface area contributed by atoms with Crippen LogP contribution in [0.15, 0.2) is 57.3 Å². The van der Waals surface area contributed by atoms with Crippen molar-refractivity contribution in [2.75, 3.05) is 11.1 Å². The maximum atomic E-state index is 12.9. The Bertz CT molecular complexity index is 982. The van der Waals surface area contributed by atoms with Gasteiger partial charge in [-0.1, -0.05) is 47.4 Å². The van der Waals surface area contributed by atoms with Crippen molar-refractivity contribution < 1.29 is 14.0 Å². The second-order valence-corrected chi connectivity index (χ2v) is 8.55. The van der Waals surface area contributed by atoms with Gasteiger partial charge in [0.15, 0.2) is 4.34 Å². The van der Waals surface area contributed by atoms with E-state index in [1.54, 1.807) is 30.3 Å². The zero-order chi connectivity index (χ0) is 19.9. The molecule has 3 rings (SSSR count). The average molecular weight is 481 g/mol. The van der Waals surface area contributed by atoms with Gasteiger partial charge in [0.2, 0.25) is 11.0 Å². The highest BCUT2D eigenvalue weighted by Crippen LogP contribution is 2.26. The van der Waals surface area contributed by atoms with Crippen LogP contribution in [0, 0.1) is 5.82 Å². The normalized spacial score (nSPS) is 10.5. The predicted molar refractivity (Wildman–Crippen MR) is 111 cm³/mol. The molecule has 2 aromatic carbocycles. The van der Waals surface area contributed by atoms with Crippen molar-refractivity contribution in [1.29, 1.82) is 0 Å². The standard InChI is InChI=1S/C18H14BrFN4O2S2/c19-14-4-2-1-3-13(14)16(26)22-17-23-24-18(28-17)27-10-15(25)21-9-11-5-7-12(20)8-6-11/h1-8H,9-10H2,(H,21,25)(H,22,23,26).